The summed E-state index contributed by atoms with van der Waals surface area (Å²) in [5.41, 5.74) is 6.94. The summed E-state index contributed by atoms with van der Waals surface area (Å²) in [6, 6.07) is 1.82. The minimum atomic E-state index is -0.0272. The van der Waals surface area contributed by atoms with Crippen LogP contribution in [-0.4, -0.2) is 4.98 Å². The van der Waals surface area contributed by atoms with E-state index < -0.39 is 0 Å². The van der Waals surface area contributed by atoms with E-state index in [-0.39, 0.29) is 6.04 Å². The van der Waals surface area contributed by atoms with E-state index in [1.54, 1.807) is 6.20 Å². The normalized spacial score (nSPS) is 13.4. The van der Waals surface area contributed by atoms with Gasteiger partial charge < -0.3 is 5.73 Å². The molecule has 0 amide bonds. The van der Waals surface area contributed by atoms with Crippen LogP contribution in [-0.2, 0) is 0 Å². The monoisotopic (exact) mass is 262 g/mol. The second-order valence-corrected chi connectivity index (χ2v) is 4.49. The summed E-state index contributed by atoms with van der Waals surface area (Å²) < 4.78 is 0.776. The molecule has 0 saturated heterocycles. The molecule has 0 bridgehead atoms. The van der Waals surface area contributed by atoms with Gasteiger partial charge in [0, 0.05) is 17.8 Å². The van der Waals surface area contributed by atoms with Gasteiger partial charge in [0.25, 0.3) is 0 Å². The van der Waals surface area contributed by atoms with Gasteiger partial charge in [0.05, 0.1) is 5.02 Å². The minimum Gasteiger partial charge on any atom is -0.324 e. The maximum Gasteiger partial charge on any atom is 0.110 e. The lowest BCUT2D eigenvalue weighted by molar-refractivity contribution is 0.511. The van der Waals surface area contributed by atoms with Crippen LogP contribution in [0.25, 0.3) is 0 Å². The van der Waals surface area contributed by atoms with E-state index in [1.807, 2.05) is 6.07 Å². The van der Waals surface area contributed by atoms with Gasteiger partial charge in [0.15, 0.2) is 0 Å². The highest BCUT2D eigenvalue weighted by atomic mass is 79.9. The highest BCUT2D eigenvalue weighted by Gasteiger charge is 2.14. The van der Waals surface area contributed by atoms with Gasteiger partial charge in [-0.25, -0.2) is 4.98 Å². The van der Waals surface area contributed by atoms with Crippen molar-refractivity contribution in [2.75, 3.05) is 0 Å². The Kier molecular flexibility index (Phi) is 3.71. The zero-order valence-corrected chi connectivity index (χ0v) is 9.93. The van der Waals surface area contributed by atoms with Crippen LogP contribution in [0.3, 0.4) is 0 Å². The van der Waals surface area contributed by atoms with E-state index in [2.05, 4.69) is 34.8 Å². The molecule has 72 valence electrons. The van der Waals surface area contributed by atoms with Gasteiger partial charge in [-0.3, -0.25) is 0 Å². The Morgan fingerprint density at radius 3 is 2.69 bits per heavy atom. The SMILES string of the molecule is CC(C)C(N)c1cc(Cl)cnc1Br. The molecule has 2 nitrogen and oxygen atoms in total. The number of hydrogen-bond donors (Lipinski definition) is 1. The summed E-state index contributed by atoms with van der Waals surface area (Å²) in [5, 5.41) is 0.620. The first-order valence-corrected chi connectivity index (χ1v) is 5.26. The number of rotatable bonds is 2. The standard InChI is InChI=1S/C9H12BrClN2/c1-5(2)8(12)7-3-6(11)4-13-9(7)10/h3-5,8H,12H2,1-2H3. The molecular weight excluding hydrogens is 251 g/mol. The van der Waals surface area contributed by atoms with Crippen LogP contribution in [0.15, 0.2) is 16.9 Å². The molecule has 0 fully saturated rings. The van der Waals surface area contributed by atoms with E-state index in [0.29, 0.717) is 10.9 Å². The molecular formula is C9H12BrClN2. The van der Waals surface area contributed by atoms with E-state index in [4.69, 9.17) is 17.3 Å². The summed E-state index contributed by atoms with van der Waals surface area (Å²) >= 11 is 9.18. The number of pyridine rings is 1. The van der Waals surface area contributed by atoms with E-state index in [0.717, 1.165) is 10.2 Å². The highest BCUT2D eigenvalue weighted by molar-refractivity contribution is 9.10. The van der Waals surface area contributed by atoms with Crippen molar-refractivity contribution < 1.29 is 0 Å². The lowest BCUT2D eigenvalue weighted by atomic mass is 9.99. The van der Waals surface area contributed by atoms with Crippen molar-refractivity contribution in [3.63, 3.8) is 0 Å². The van der Waals surface area contributed by atoms with Crippen molar-refractivity contribution in [2.45, 2.75) is 19.9 Å². The summed E-state index contributed by atoms with van der Waals surface area (Å²) in [4.78, 5) is 4.09. The van der Waals surface area contributed by atoms with Gasteiger partial charge in [0.2, 0.25) is 0 Å². The number of nitrogens with zero attached hydrogens (tertiary/aromatic N) is 1. The zero-order valence-electron chi connectivity index (χ0n) is 7.59. The molecule has 0 radical (unpaired) electrons. The Morgan fingerprint density at radius 2 is 2.15 bits per heavy atom. The molecule has 1 aromatic heterocycles. The van der Waals surface area contributed by atoms with E-state index in [9.17, 15) is 0 Å². The first kappa shape index (κ1) is 11.0. The molecule has 0 saturated carbocycles. The molecule has 1 atom stereocenters. The fraction of sp³-hybridized carbons (Fsp3) is 0.444. The van der Waals surface area contributed by atoms with Gasteiger partial charge in [-0.15, -0.1) is 0 Å². The summed E-state index contributed by atoms with van der Waals surface area (Å²) in [6.07, 6.45) is 1.60. The predicted molar refractivity (Wildman–Crippen MR) is 58.7 cm³/mol. The van der Waals surface area contributed by atoms with Crippen molar-refractivity contribution in [1.29, 1.82) is 0 Å². The molecule has 2 N–H and O–H groups in total. The molecule has 0 aromatic carbocycles. The first-order valence-electron chi connectivity index (χ1n) is 4.09. The smallest absolute Gasteiger partial charge is 0.110 e. The van der Waals surface area contributed by atoms with Crippen LogP contribution < -0.4 is 5.73 Å². The van der Waals surface area contributed by atoms with Gasteiger partial charge in [0.1, 0.15) is 4.60 Å². The lowest BCUT2D eigenvalue weighted by Gasteiger charge is -2.16. The minimum absolute atomic E-state index is 0.0272. The van der Waals surface area contributed by atoms with Crippen molar-refractivity contribution in [1.82, 2.24) is 4.98 Å². The van der Waals surface area contributed by atoms with E-state index >= 15 is 0 Å². The molecule has 0 aliphatic rings. The van der Waals surface area contributed by atoms with Gasteiger partial charge in [-0.2, -0.15) is 0 Å². The molecule has 1 heterocycles. The fourth-order valence-electron chi connectivity index (χ4n) is 1.03. The van der Waals surface area contributed by atoms with Gasteiger partial charge in [-0.05, 0) is 27.9 Å². The summed E-state index contributed by atoms with van der Waals surface area (Å²) in [6.45, 7) is 4.13. The maximum absolute atomic E-state index is 5.98. The van der Waals surface area contributed by atoms with Crippen LogP contribution in [0.2, 0.25) is 5.02 Å². The third-order valence-electron chi connectivity index (χ3n) is 1.91. The van der Waals surface area contributed by atoms with E-state index in [1.165, 1.54) is 0 Å². The second kappa shape index (κ2) is 4.40. The average Bonchev–Trinajstić information content (AvgIpc) is 2.08. The van der Waals surface area contributed by atoms with Crippen LogP contribution in [0.5, 0.6) is 0 Å². The molecule has 1 unspecified atom stereocenters. The topological polar surface area (TPSA) is 38.9 Å². The lowest BCUT2D eigenvalue weighted by Crippen LogP contribution is -2.17. The molecule has 13 heavy (non-hydrogen) atoms. The molecule has 1 aromatic rings. The molecule has 0 spiro atoms. The quantitative estimate of drug-likeness (QED) is 0.833. The average molecular weight is 264 g/mol. The Hall–Kier alpha value is -0.120. The van der Waals surface area contributed by atoms with Crippen molar-refractivity contribution in [3.05, 3.63) is 27.5 Å². The van der Waals surface area contributed by atoms with Crippen LogP contribution in [0.4, 0.5) is 0 Å². The summed E-state index contributed by atoms with van der Waals surface area (Å²) in [7, 11) is 0. The largest absolute Gasteiger partial charge is 0.324 e. The molecule has 1 rings (SSSR count). The number of halogens is 2. The number of hydrogen-bond acceptors (Lipinski definition) is 2. The number of nitrogens with two attached hydrogens (primary N) is 1. The first-order chi connectivity index (χ1) is 6.02. The summed E-state index contributed by atoms with van der Waals surface area (Å²) in [5.74, 6) is 0.372. The fourth-order valence-corrected chi connectivity index (χ4v) is 1.68. The Labute approximate surface area is 91.6 Å². The predicted octanol–water partition coefficient (Wildman–Crippen LogP) is 3.15. The maximum atomic E-state index is 5.98. The van der Waals surface area contributed by atoms with Gasteiger partial charge >= 0.3 is 0 Å². The van der Waals surface area contributed by atoms with Crippen LogP contribution in [0, 0.1) is 5.92 Å². The Bertz CT molecular complexity index is 302. The Morgan fingerprint density at radius 1 is 1.54 bits per heavy atom. The molecule has 0 aliphatic heterocycles. The van der Waals surface area contributed by atoms with Crippen LogP contribution >= 0.6 is 27.5 Å². The van der Waals surface area contributed by atoms with Crippen molar-refractivity contribution >= 4 is 27.5 Å². The van der Waals surface area contributed by atoms with Crippen molar-refractivity contribution in [2.24, 2.45) is 11.7 Å². The third-order valence-corrected chi connectivity index (χ3v) is 2.78. The molecule has 0 aliphatic carbocycles. The third kappa shape index (κ3) is 2.66. The zero-order chi connectivity index (χ0) is 10.0. The highest BCUT2D eigenvalue weighted by Crippen LogP contribution is 2.27. The Balaban J connectivity index is 3.05. The van der Waals surface area contributed by atoms with Crippen LogP contribution in [0.1, 0.15) is 25.5 Å². The van der Waals surface area contributed by atoms with Crippen molar-refractivity contribution in [3.8, 4) is 0 Å². The number of aromatic nitrogens is 1. The van der Waals surface area contributed by atoms with Gasteiger partial charge in [-0.1, -0.05) is 25.4 Å². The molecule has 4 heteroatoms. The second-order valence-electron chi connectivity index (χ2n) is 3.30.